The Labute approximate surface area is 85.1 Å². The molecule has 0 atom stereocenters. The lowest BCUT2D eigenvalue weighted by atomic mass is 9.74. The second-order valence-electron chi connectivity index (χ2n) is 3.41. The summed E-state index contributed by atoms with van der Waals surface area (Å²) < 4.78 is 1.24. The molecule has 1 aromatic rings. The molecule has 0 saturated heterocycles. The van der Waals surface area contributed by atoms with E-state index in [2.05, 4.69) is 28.1 Å². The standard InChI is InChI=1S/C9H12BrNS/c10-9-2-1-8(12-9)7-3-6(4-7)5-11/h1-2,6-7H,3-5,11H2. The van der Waals surface area contributed by atoms with Crippen molar-refractivity contribution in [3.8, 4) is 0 Å². The highest BCUT2D eigenvalue weighted by Crippen LogP contribution is 2.44. The van der Waals surface area contributed by atoms with Gasteiger partial charge < -0.3 is 5.73 Å². The summed E-state index contributed by atoms with van der Waals surface area (Å²) in [7, 11) is 0. The molecular formula is C9H12BrNS. The number of rotatable bonds is 2. The van der Waals surface area contributed by atoms with Crippen LogP contribution in [0.2, 0.25) is 0 Å². The second kappa shape index (κ2) is 3.48. The number of nitrogens with two attached hydrogens (primary N) is 1. The van der Waals surface area contributed by atoms with Crippen molar-refractivity contribution >= 4 is 27.3 Å². The van der Waals surface area contributed by atoms with Gasteiger partial charge in [0.25, 0.3) is 0 Å². The van der Waals surface area contributed by atoms with Crippen LogP contribution in [0.1, 0.15) is 23.6 Å². The van der Waals surface area contributed by atoms with Crippen LogP contribution < -0.4 is 5.73 Å². The molecule has 0 radical (unpaired) electrons. The molecule has 1 fully saturated rings. The fraction of sp³-hybridized carbons (Fsp3) is 0.556. The van der Waals surface area contributed by atoms with Gasteiger partial charge in [0, 0.05) is 4.88 Å². The van der Waals surface area contributed by atoms with E-state index < -0.39 is 0 Å². The summed E-state index contributed by atoms with van der Waals surface area (Å²) in [6.07, 6.45) is 2.59. The van der Waals surface area contributed by atoms with E-state index >= 15 is 0 Å². The number of thiophene rings is 1. The van der Waals surface area contributed by atoms with Gasteiger partial charge in [0.05, 0.1) is 3.79 Å². The largest absolute Gasteiger partial charge is 0.330 e. The smallest absolute Gasteiger partial charge is 0.0701 e. The Hall–Kier alpha value is 0.140. The quantitative estimate of drug-likeness (QED) is 0.852. The maximum Gasteiger partial charge on any atom is 0.0701 e. The first-order valence-corrected chi connectivity index (χ1v) is 5.86. The van der Waals surface area contributed by atoms with Gasteiger partial charge in [-0.25, -0.2) is 0 Å². The number of hydrogen-bond donors (Lipinski definition) is 1. The molecule has 0 unspecified atom stereocenters. The maximum atomic E-state index is 5.57. The summed E-state index contributed by atoms with van der Waals surface area (Å²) in [5, 5.41) is 0. The zero-order valence-electron chi connectivity index (χ0n) is 6.79. The van der Waals surface area contributed by atoms with E-state index in [1.807, 2.05) is 11.3 Å². The maximum absolute atomic E-state index is 5.57. The Morgan fingerprint density at radius 1 is 1.50 bits per heavy atom. The fourth-order valence-electron chi connectivity index (χ4n) is 1.71. The van der Waals surface area contributed by atoms with Gasteiger partial charge in [0.15, 0.2) is 0 Å². The third-order valence-electron chi connectivity index (χ3n) is 2.57. The van der Waals surface area contributed by atoms with Gasteiger partial charge in [-0.3, -0.25) is 0 Å². The summed E-state index contributed by atoms with van der Waals surface area (Å²) >= 11 is 5.34. The zero-order valence-corrected chi connectivity index (χ0v) is 9.20. The summed E-state index contributed by atoms with van der Waals surface area (Å²) in [6, 6.07) is 4.36. The fourth-order valence-corrected chi connectivity index (χ4v) is 3.26. The molecule has 1 saturated carbocycles. The molecule has 3 heteroatoms. The molecule has 0 bridgehead atoms. The minimum atomic E-state index is 0.788. The predicted octanol–water partition coefficient (Wildman–Crippen LogP) is 2.96. The molecule has 0 aliphatic heterocycles. The van der Waals surface area contributed by atoms with E-state index in [9.17, 15) is 0 Å². The molecule has 1 aliphatic carbocycles. The summed E-state index contributed by atoms with van der Waals surface area (Å²) in [5.74, 6) is 1.59. The highest BCUT2D eigenvalue weighted by molar-refractivity contribution is 9.11. The first kappa shape index (κ1) is 8.73. The highest BCUT2D eigenvalue weighted by Gasteiger charge is 2.29. The number of hydrogen-bond acceptors (Lipinski definition) is 2. The van der Waals surface area contributed by atoms with Crippen LogP contribution in [-0.2, 0) is 0 Å². The van der Waals surface area contributed by atoms with Crippen molar-refractivity contribution in [2.24, 2.45) is 11.7 Å². The molecular weight excluding hydrogens is 234 g/mol. The van der Waals surface area contributed by atoms with Crippen LogP contribution in [0.25, 0.3) is 0 Å². The van der Waals surface area contributed by atoms with E-state index in [-0.39, 0.29) is 0 Å². The van der Waals surface area contributed by atoms with Crippen molar-refractivity contribution in [1.82, 2.24) is 0 Å². The zero-order chi connectivity index (χ0) is 8.55. The predicted molar refractivity (Wildman–Crippen MR) is 56.5 cm³/mol. The SMILES string of the molecule is NCC1CC(c2ccc(Br)s2)C1. The van der Waals surface area contributed by atoms with Crippen molar-refractivity contribution in [2.75, 3.05) is 6.54 Å². The van der Waals surface area contributed by atoms with Crippen molar-refractivity contribution < 1.29 is 0 Å². The average Bonchev–Trinajstić information content (AvgIpc) is 2.34. The number of halogens is 1. The molecule has 1 aliphatic rings. The minimum Gasteiger partial charge on any atom is -0.330 e. The Balaban J connectivity index is 1.96. The van der Waals surface area contributed by atoms with Crippen LogP contribution in [0, 0.1) is 5.92 Å². The third-order valence-corrected chi connectivity index (χ3v) is 4.35. The Kier molecular flexibility index (Phi) is 2.53. The van der Waals surface area contributed by atoms with E-state index in [1.165, 1.54) is 21.5 Å². The van der Waals surface area contributed by atoms with Crippen LogP contribution in [-0.4, -0.2) is 6.54 Å². The van der Waals surface area contributed by atoms with Crippen molar-refractivity contribution in [3.05, 3.63) is 20.8 Å². The van der Waals surface area contributed by atoms with Crippen molar-refractivity contribution in [1.29, 1.82) is 0 Å². The molecule has 1 nitrogen and oxygen atoms in total. The molecule has 0 amide bonds. The molecule has 12 heavy (non-hydrogen) atoms. The summed E-state index contributed by atoms with van der Waals surface area (Å²) in [6.45, 7) is 0.864. The van der Waals surface area contributed by atoms with Crippen molar-refractivity contribution in [3.63, 3.8) is 0 Å². The first-order chi connectivity index (χ1) is 5.79. The van der Waals surface area contributed by atoms with E-state index in [4.69, 9.17) is 5.73 Å². The Morgan fingerprint density at radius 2 is 2.25 bits per heavy atom. The molecule has 0 aromatic carbocycles. The van der Waals surface area contributed by atoms with E-state index in [0.29, 0.717) is 0 Å². The molecule has 0 spiro atoms. The third kappa shape index (κ3) is 1.58. The van der Waals surface area contributed by atoms with Crippen LogP contribution in [0.4, 0.5) is 0 Å². The lowest BCUT2D eigenvalue weighted by molar-refractivity contribution is 0.275. The molecule has 2 rings (SSSR count). The highest BCUT2D eigenvalue weighted by atomic mass is 79.9. The normalized spacial score (nSPS) is 28.5. The second-order valence-corrected chi connectivity index (χ2v) is 5.91. The first-order valence-electron chi connectivity index (χ1n) is 4.25. The Bertz CT molecular complexity index is 265. The Morgan fingerprint density at radius 3 is 2.75 bits per heavy atom. The summed E-state index contributed by atoms with van der Waals surface area (Å²) in [4.78, 5) is 1.52. The van der Waals surface area contributed by atoms with Gasteiger partial charge in [-0.1, -0.05) is 0 Å². The topological polar surface area (TPSA) is 26.0 Å². The molecule has 1 heterocycles. The van der Waals surface area contributed by atoms with Crippen LogP contribution in [0.5, 0.6) is 0 Å². The van der Waals surface area contributed by atoms with Gasteiger partial charge in [-0.15, -0.1) is 11.3 Å². The van der Waals surface area contributed by atoms with Crippen LogP contribution >= 0.6 is 27.3 Å². The van der Waals surface area contributed by atoms with E-state index in [1.54, 1.807) is 0 Å². The minimum absolute atomic E-state index is 0.788. The van der Waals surface area contributed by atoms with Gasteiger partial charge in [0.1, 0.15) is 0 Å². The van der Waals surface area contributed by atoms with Gasteiger partial charge in [-0.2, -0.15) is 0 Å². The average molecular weight is 246 g/mol. The monoisotopic (exact) mass is 245 g/mol. The lowest BCUT2D eigenvalue weighted by Gasteiger charge is -2.33. The van der Waals surface area contributed by atoms with Crippen molar-refractivity contribution in [2.45, 2.75) is 18.8 Å². The van der Waals surface area contributed by atoms with E-state index in [0.717, 1.165) is 18.4 Å². The van der Waals surface area contributed by atoms with Gasteiger partial charge in [-0.05, 0) is 59.3 Å². The van der Waals surface area contributed by atoms with Gasteiger partial charge in [0.2, 0.25) is 0 Å². The molecule has 1 aromatic heterocycles. The van der Waals surface area contributed by atoms with Gasteiger partial charge >= 0.3 is 0 Å². The molecule has 2 N–H and O–H groups in total. The van der Waals surface area contributed by atoms with Crippen LogP contribution in [0.3, 0.4) is 0 Å². The summed E-state index contributed by atoms with van der Waals surface area (Å²) in [5.41, 5.74) is 5.57. The lowest BCUT2D eigenvalue weighted by Crippen LogP contribution is -2.27. The molecule has 66 valence electrons. The van der Waals surface area contributed by atoms with Crippen LogP contribution in [0.15, 0.2) is 15.9 Å².